The van der Waals surface area contributed by atoms with E-state index in [1.165, 1.54) is 51.4 Å². The molecule has 0 radical (unpaired) electrons. The van der Waals surface area contributed by atoms with Gasteiger partial charge in [-0.25, -0.2) is 0 Å². The van der Waals surface area contributed by atoms with E-state index in [9.17, 15) is 0 Å². The van der Waals surface area contributed by atoms with E-state index in [2.05, 4.69) is 39.9 Å². The Labute approximate surface area is 127 Å². The van der Waals surface area contributed by atoms with Gasteiger partial charge in [0.2, 0.25) is 0 Å². The Morgan fingerprint density at radius 3 is 2.45 bits per heavy atom. The lowest BCUT2D eigenvalue weighted by atomic mass is 9.75. The molecule has 1 rings (SSSR count). The molecular formula is C18H37NO. The van der Waals surface area contributed by atoms with Gasteiger partial charge in [0.1, 0.15) is 0 Å². The van der Waals surface area contributed by atoms with Gasteiger partial charge in [0.05, 0.1) is 11.7 Å². The van der Waals surface area contributed by atoms with E-state index in [1.807, 2.05) is 0 Å². The Bertz CT molecular complexity index is 264. The molecule has 0 bridgehead atoms. The number of rotatable bonds is 10. The van der Waals surface area contributed by atoms with E-state index in [0.29, 0.717) is 11.5 Å². The van der Waals surface area contributed by atoms with Crippen LogP contribution in [-0.4, -0.2) is 24.8 Å². The number of hydrogen-bond donors (Lipinski definition) is 1. The molecule has 20 heavy (non-hydrogen) atoms. The van der Waals surface area contributed by atoms with Gasteiger partial charge in [-0.15, -0.1) is 0 Å². The quantitative estimate of drug-likeness (QED) is 0.575. The third-order valence-electron chi connectivity index (χ3n) is 4.95. The first-order valence-corrected chi connectivity index (χ1v) is 8.85. The second-order valence-electron chi connectivity index (χ2n) is 7.38. The molecule has 1 saturated heterocycles. The monoisotopic (exact) mass is 283 g/mol. The van der Waals surface area contributed by atoms with Gasteiger partial charge in [0.25, 0.3) is 0 Å². The summed E-state index contributed by atoms with van der Waals surface area (Å²) < 4.78 is 6.26. The topological polar surface area (TPSA) is 21.3 Å². The summed E-state index contributed by atoms with van der Waals surface area (Å²) in [5.41, 5.74) is 0.544. The van der Waals surface area contributed by atoms with E-state index >= 15 is 0 Å². The molecule has 0 aromatic rings. The van der Waals surface area contributed by atoms with Crippen LogP contribution in [0.4, 0.5) is 0 Å². The summed E-state index contributed by atoms with van der Waals surface area (Å²) in [5, 5.41) is 3.67. The minimum Gasteiger partial charge on any atom is -0.372 e. The van der Waals surface area contributed by atoms with Crippen LogP contribution in [0.1, 0.15) is 86.0 Å². The molecule has 1 heterocycles. The average Bonchev–Trinajstić information content (AvgIpc) is 2.75. The molecule has 1 aliphatic heterocycles. The van der Waals surface area contributed by atoms with Gasteiger partial charge in [-0.05, 0) is 64.3 Å². The summed E-state index contributed by atoms with van der Waals surface area (Å²) in [4.78, 5) is 0. The molecule has 0 aliphatic carbocycles. The van der Waals surface area contributed by atoms with E-state index < -0.39 is 0 Å². The highest BCUT2D eigenvalue weighted by molar-refractivity contribution is 4.89. The zero-order valence-corrected chi connectivity index (χ0v) is 14.6. The molecule has 0 aromatic carbocycles. The first kappa shape index (κ1) is 18.0. The van der Waals surface area contributed by atoms with Gasteiger partial charge in [0.15, 0.2) is 0 Å². The van der Waals surface area contributed by atoms with Crippen LogP contribution in [0.5, 0.6) is 0 Å². The Morgan fingerprint density at radius 2 is 1.95 bits per heavy atom. The predicted octanol–water partition coefficient (Wildman–Crippen LogP) is 4.92. The zero-order chi connectivity index (χ0) is 15.1. The van der Waals surface area contributed by atoms with E-state index in [-0.39, 0.29) is 5.60 Å². The van der Waals surface area contributed by atoms with Gasteiger partial charge in [-0.2, -0.15) is 0 Å². The van der Waals surface area contributed by atoms with Crippen molar-refractivity contribution in [2.75, 3.05) is 13.1 Å². The van der Waals surface area contributed by atoms with Crippen molar-refractivity contribution in [1.82, 2.24) is 5.32 Å². The Kier molecular flexibility index (Phi) is 7.53. The third kappa shape index (κ3) is 5.73. The molecule has 1 N–H and O–H groups in total. The van der Waals surface area contributed by atoms with Crippen molar-refractivity contribution < 1.29 is 4.74 Å². The molecular weight excluding hydrogens is 246 g/mol. The Balaban J connectivity index is 2.60. The molecule has 0 saturated carbocycles. The summed E-state index contributed by atoms with van der Waals surface area (Å²) in [7, 11) is 0. The van der Waals surface area contributed by atoms with Gasteiger partial charge < -0.3 is 10.1 Å². The molecule has 2 unspecified atom stereocenters. The van der Waals surface area contributed by atoms with Crippen molar-refractivity contribution in [2.24, 2.45) is 5.41 Å². The normalized spacial score (nSPS) is 24.8. The summed E-state index contributed by atoms with van der Waals surface area (Å²) in [6.45, 7) is 13.7. The van der Waals surface area contributed by atoms with Crippen LogP contribution in [0.25, 0.3) is 0 Å². The van der Waals surface area contributed by atoms with Crippen LogP contribution < -0.4 is 5.32 Å². The van der Waals surface area contributed by atoms with Crippen LogP contribution in [0.2, 0.25) is 0 Å². The fourth-order valence-electron chi connectivity index (χ4n) is 3.50. The molecule has 0 amide bonds. The van der Waals surface area contributed by atoms with E-state index in [0.717, 1.165) is 13.1 Å². The fraction of sp³-hybridized carbons (Fsp3) is 1.00. The minimum absolute atomic E-state index is 0.103. The van der Waals surface area contributed by atoms with Gasteiger partial charge >= 0.3 is 0 Å². The number of unbranched alkanes of at least 4 members (excludes halogenated alkanes) is 1. The minimum atomic E-state index is 0.103. The average molecular weight is 283 g/mol. The highest BCUT2D eigenvalue weighted by Crippen LogP contribution is 2.40. The van der Waals surface area contributed by atoms with Gasteiger partial charge in [-0.1, -0.05) is 33.6 Å². The summed E-state index contributed by atoms with van der Waals surface area (Å²) >= 11 is 0. The fourth-order valence-corrected chi connectivity index (χ4v) is 3.50. The Morgan fingerprint density at radius 1 is 1.20 bits per heavy atom. The van der Waals surface area contributed by atoms with Crippen LogP contribution in [0.15, 0.2) is 0 Å². The second-order valence-corrected chi connectivity index (χ2v) is 7.38. The highest BCUT2D eigenvalue weighted by Gasteiger charge is 2.37. The van der Waals surface area contributed by atoms with Crippen molar-refractivity contribution in [3.05, 3.63) is 0 Å². The molecule has 1 aliphatic rings. The molecule has 120 valence electrons. The zero-order valence-electron chi connectivity index (χ0n) is 14.6. The third-order valence-corrected chi connectivity index (χ3v) is 4.95. The SMILES string of the molecule is CCCCC(CC)(CNCCC)CC1CCC(C)(C)O1. The van der Waals surface area contributed by atoms with Gasteiger partial charge in [-0.3, -0.25) is 0 Å². The summed E-state index contributed by atoms with van der Waals surface area (Å²) in [6.07, 6.45) is 10.7. The lowest BCUT2D eigenvalue weighted by Crippen LogP contribution is -2.37. The lowest BCUT2D eigenvalue weighted by molar-refractivity contribution is -0.0378. The first-order chi connectivity index (χ1) is 9.47. The lowest BCUT2D eigenvalue weighted by Gasteiger charge is -2.36. The Hall–Kier alpha value is -0.0800. The molecule has 2 nitrogen and oxygen atoms in total. The van der Waals surface area contributed by atoms with Crippen molar-refractivity contribution in [3.8, 4) is 0 Å². The van der Waals surface area contributed by atoms with Crippen molar-refractivity contribution in [3.63, 3.8) is 0 Å². The number of ether oxygens (including phenoxy) is 1. The summed E-state index contributed by atoms with van der Waals surface area (Å²) in [5.74, 6) is 0. The molecule has 2 heteroatoms. The van der Waals surface area contributed by atoms with Crippen LogP contribution in [-0.2, 0) is 4.74 Å². The van der Waals surface area contributed by atoms with E-state index in [1.54, 1.807) is 0 Å². The van der Waals surface area contributed by atoms with Crippen LogP contribution in [0, 0.1) is 5.41 Å². The molecule has 1 fully saturated rings. The smallest absolute Gasteiger partial charge is 0.0631 e. The van der Waals surface area contributed by atoms with Crippen molar-refractivity contribution in [2.45, 2.75) is 97.7 Å². The molecule has 0 aromatic heterocycles. The van der Waals surface area contributed by atoms with Crippen LogP contribution in [0.3, 0.4) is 0 Å². The standard InChI is InChI=1S/C18H37NO/c1-6-9-11-18(8-3,15-19-13-7-2)14-16-10-12-17(4,5)20-16/h16,19H,6-15H2,1-5H3. The van der Waals surface area contributed by atoms with Crippen LogP contribution >= 0.6 is 0 Å². The molecule has 2 atom stereocenters. The van der Waals surface area contributed by atoms with Gasteiger partial charge in [0, 0.05) is 6.54 Å². The molecule has 0 spiro atoms. The van der Waals surface area contributed by atoms with Crippen molar-refractivity contribution in [1.29, 1.82) is 0 Å². The maximum atomic E-state index is 6.26. The largest absolute Gasteiger partial charge is 0.372 e. The second kappa shape index (κ2) is 8.38. The van der Waals surface area contributed by atoms with E-state index in [4.69, 9.17) is 4.74 Å². The highest BCUT2D eigenvalue weighted by atomic mass is 16.5. The maximum absolute atomic E-state index is 6.26. The number of nitrogens with one attached hydrogen (secondary N) is 1. The summed E-state index contributed by atoms with van der Waals surface area (Å²) in [6, 6.07) is 0. The predicted molar refractivity (Wildman–Crippen MR) is 88.2 cm³/mol. The number of hydrogen-bond acceptors (Lipinski definition) is 2. The van der Waals surface area contributed by atoms with Crippen molar-refractivity contribution >= 4 is 0 Å². The maximum Gasteiger partial charge on any atom is 0.0631 e. The first-order valence-electron chi connectivity index (χ1n) is 8.85.